The Kier molecular flexibility index (Phi) is 2.78. The van der Waals surface area contributed by atoms with E-state index in [1.165, 1.54) is 5.56 Å². The number of benzene rings is 2. The van der Waals surface area contributed by atoms with Crippen molar-refractivity contribution in [1.82, 2.24) is 0 Å². The van der Waals surface area contributed by atoms with Gasteiger partial charge in [0.2, 0.25) is 0 Å². The molecule has 3 heteroatoms. The van der Waals surface area contributed by atoms with Gasteiger partial charge >= 0.3 is 7.12 Å². The topological polar surface area (TPSA) is 40.5 Å². The summed E-state index contributed by atoms with van der Waals surface area (Å²) in [5.41, 5.74) is 5.22. The van der Waals surface area contributed by atoms with Crippen molar-refractivity contribution in [3.05, 3.63) is 65.1 Å². The third-order valence-corrected chi connectivity index (χ3v) is 3.32. The van der Waals surface area contributed by atoms with Crippen molar-refractivity contribution in [2.24, 2.45) is 0 Å². The summed E-state index contributed by atoms with van der Waals surface area (Å²) in [6.07, 6.45) is 2.49. The summed E-state index contributed by atoms with van der Waals surface area (Å²) in [6.45, 7) is 0. The van der Waals surface area contributed by atoms with Crippen LogP contribution >= 0.6 is 0 Å². The molecule has 88 valence electrons. The smallest absolute Gasteiger partial charge is 0.423 e. The minimum atomic E-state index is -1.35. The van der Waals surface area contributed by atoms with Gasteiger partial charge < -0.3 is 10.0 Å². The second-order valence-electron chi connectivity index (χ2n) is 4.55. The van der Waals surface area contributed by atoms with Crippen molar-refractivity contribution in [2.75, 3.05) is 0 Å². The van der Waals surface area contributed by atoms with Crippen LogP contribution in [0.1, 0.15) is 11.1 Å². The molecule has 0 unspecified atom stereocenters. The summed E-state index contributed by atoms with van der Waals surface area (Å²) >= 11 is 0. The minimum Gasteiger partial charge on any atom is -0.423 e. The summed E-state index contributed by atoms with van der Waals surface area (Å²) in [5, 5.41) is 18.4. The quantitative estimate of drug-likeness (QED) is 0.785. The van der Waals surface area contributed by atoms with Gasteiger partial charge in [-0.15, -0.1) is 0 Å². The minimum absolute atomic E-state index is 0.627. The van der Waals surface area contributed by atoms with Crippen LogP contribution < -0.4 is 0 Å². The largest absolute Gasteiger partial charge is 0.484 e. The first kappa shape index (κ1) is 11.3. The van der Waals surface area contributed by atoms with Crippen molar-refractivity contribution < 1.29 is 10.0 Å². The van der Waals surface area contributed by atoms with E-state index in [1.807, 2.05) is 24.3 Å². The maximum atomic E-state index is 9.20. The third kappa shape index (κ3) is 1.99. The van der Waals surface area contributed by atoms with Gasteiger partial charge in [0.1, 0.15) is 0 Å². The predicted octanol–water partition coefficient (Wildman–Crippen LogP) is 2.31. The summed E-state index contributed by atoms with van der Waals surface area (Å²) in [6, 6.07) is 16.4. The molecular weight excluding hydrogens is 223 g/mol. The van der Waals surface area contributed by atoms with Crippen LogP contribution in [0.2, 0.25) is 0 Å². The van der Waals surface area contributed by atoms with E-state index in [9.17, 15) is 10.0 Å². The van der Waals surface area contributed by atoms with Gasteiger partial charge in [0.15, 0.2) is 0 Å². The zero-order valence-electron chi connectivity index (χ0n) is 9.88. The van der Waals surface area contributed by atoms with Gasteiger partial charge in [-0.05, 0) is 40.2 Å². The van der Waals surface area contributed by atoms with E-state index < -0.39 is 7.12 Å². The van der Waals surface area contributed by atoms with E-state index in [0.29, 0.717) is 11.9 Å². The van der Waals surface area contributed by atoms with Gasteiger partial charge in [-0.3, -0.25) is 0 Å². The highest BCUT2D eigenvalue weighted by atomic mass is 16.4. The van der Waals surface area contributed by atoms with Gasteiger partial charge in [-0.1, -0.05) is 48.5 Å². The van der Waals surface area contributed by atoms with Crippen LogP contribution in [0.25, 0.3) is 17.2 Å². The molecule has 0 aromatic heterocycles. The Labute approximate surface area is 106 Å². The molecule has 2 aromatic carbocycles. The molecule has 0 amide bonds. The van der Waals surface area contributed by atoms with Crippen LogP contribution in [-0.2, 0) is 6.42 Å². The number of rotatable bonds is 2. The molecule has 2 aromatic rings. The Bertz CT molecular complexity index is 603. The molecule has 0 radical (unpaired) electrons. The summed E-state index contributed by atoms with van der Waals surface area (Å²) < 4.78 is 0. The fourth-order valence-corrected chi connectivity index (χ4v) is 2.34. The molecule has 0 fully saturated rings. The average Bonchev–Trinajstić information content (AvgIpc) is 2.82. The lowest BCUT2D eigenvalue weighted by atomic mass is 9.78. The van der Waals surface area contributed by atoms with E-state index in [1.54, 1.807) is 0 Å². The number of hydrogen-bond acceptors (Lipinski definition) is 2. The van der Waals surface area contributed by atoms with Crippen LogP contribution in [0.3, 0.4) is 0 Å². The standard InChI is InChI=1S/C15H13BO2/c17-16(18)15-9-13-7-6-12(8-14(13)10-15)11-4-2-1-3-5-11/h1-8,10,17-18H,9H2. The van der Waals surface area contributed by atoms with Crippen LogP contribution in [0.5, 0.6) is 0 Å². The van der Waals surface area contributed by atoms with E-state index in [0.717, 1.165) is 16.7 Å². The highest BCUT2D eigenvalue weighted by Gasteiger charge is 2.21. The lowest BCUT2D eigenvalue weighted by Gasteiger charge is -2.04. The molecule has 0 atom stereocenters. The maximum Gasteiger partial charge on any atom is 0.484 e. The zero-order chi connectivity index (χ0) is 12.5. The average molecular weight is 236 g/mol. The van der Waals surface area contributed by atoms with Crippen LogP contribution in [0, 0.1) is 0 Å². The van der Waals surface area contributed by atoms with E-state index in [4.69, 9.17) is 0 Å². The van der Waals surface area contributed by atoms with Crippen LogP contribution in [-0.4, -0.2) is 17.2 Å². The van der Waals surface area contributed by atoms with Gasteiger partial charge in [-0.2, -0.15) is 0 Å². The lowest BCUT2D eigenvalue weighted by Crippen LogP contribution is -2.14. The van der Waals surface area contributed by atoms with Crippen LogP contribution in [0.15, 0.2) is 54.0 Å². The highest BCUT2D eigenvalue weighted by Crippen LogP contribution is 2.30. The zero-order valence-corrected chi connectivity index (χ0v) is 9.88. The first-order valence-electron chi connectivity index (χ1n) is 5.99. The first-order chi connectivity index (χ1) is 8.74. The van der Waals surface area contributed by atoms with E-state index in [2.05, 4.69) is 30.3 Å². The summed E-state index contributed by atoms with van der Waals surface area (Å²) in [5.74, 6) is 0. The molecule has 3 rings (SSSR count). The molecule has 2 nitrogen and oxygen atoms in total. The number of fused-ring (bicyclic) bond motifs is 1. The maximum absolute atomic E-state index is 9.20. The fourth-order valence-electron chi connectivity index (χ4n) is 2.34. The molecule has 18 heavy (non-hydrogen) atoms. The molecule has 0 saturated carbocycles. The third-order valence-electron chi connectivity index (χ3n) is 3.32. The Morgan fingerprint density at radius 2 is 1.67 bits per heavy atom. The number of allylic oxidation sites excluding steroid dienone is 1. The van der Waals surface area contributed by atoms with Crippen molar-refractivity contribution in [3.63, 3.8) is 0 Å². The predicted molar refractivity (Wildman–Crippen MR) is 73.8 cm³/mol. The second-order valence-corrected chi connectivity index (χ2v) is 4.55. The molecule has 0 saturated heterocycles. The monoisotopic (exact) mass is 236 g/mol. The molecule has 0 heterocycles. The first-order valence-corrected chi connectivity index (χ1v) is 5.99. The molecule has 1 aliphatic carbocycles. The van der Waals surface area contributed by atoms with E-state index in [-0.39, 0.29) is 0 Å². The van der Waals surface area contributed by atoms with Gasteiger partial charge in [-0.25, -0.2) is 0 Å². The molecular formula is C15H13BO2. The van der Waals surface area contributed by atoms with Crippen molar-refractivity contribution in [3.8, 4) is 11.1 Å². The Morgan fingerprint density at radius 1 is 0.889 bits per heavy atom. The molecule has 0 spiro atoms. The molecule has 2 N–H and O–H groups in total. The number of hydrogen-bond donors (Lipinski definition) is 2. The normalized spacial score (nSPS) is 13.1. The molecule has 1 aliphatic rings. The lowest BCUT2D eigenvalue weighted by molar-refractivity contribution is 0.418. The molecule has 0 bridgehead atoms. The van der Waals surface area contributed by atoms with Crippen molar-refractivity contribution in [2.45, 2.75) is 6.42 Å². The Balaban J connectivity index is 2.01. The SMILES string of the molecule is OB(O)C1=Cc2cc(-c3ccccc3)ccc2C1. The fraction of sp³-hybridized carbons (Fsp3) is 0.0667. The van der Waals surface area contributed by atoms with Crippen molar-refractivity contribution in [1.29, 1.82) is 0 Å². The Morgan fingerprint density at radius 3 is 2.39 bits per heavy atom. The second kappa shape index (κ2) is 4.44. The van der Waals surface area contributed by atoms with E-state index >= 15 is 0 Å². The highest BCUT2D eigenvalue weighted by molar-refractivity contribution is 6.52. The van der Waals surface area contributed by atoms with Gasteiger partial charge in [0.25, 0.3) is 0 Å². The Hall–Kier alpha value is -1.84. The van der Waals surface area contributed by atoms with Crippen LogP contribution in [0.4, 0.5) is 0 Å². The van der Waals surface area contributed by atoms with Gasteiger partial charge in [0.05, 0.1) is 0 Å². The van der Waals surface area contributed by atoms with Gasteiger partial charge in [0, 0.05) is 0 Å². The summed E-state index contributed by atoms with van der Waals surface area (Å²) in [4.78, 5) is 0. The summed E-state index contributed by atoms with van der Waals surface area (Å²) in [7, 11) is -1.35. The molecule has 0 aliphatic heterocycles. The van der Waals surface area contributed by atoms with Crippen molar-refractivity contribution >= 4 is 13.2 Å².